The number of benzene rings is 1. The fourth-order valence-electron chi connectivity index (χ4n) is 1.39. The van der Waals surface area contributed by atoms with Crippen molar-refractivity contribution in [3.8, 4) is 0 Å². The Balaban J connectivity index is 3.23. The van der Waals surface area contributed by atoms with Crippen molar-refractivity contribution in [3.05, 3.63) is 34.9 Å². The van der Waals surface area contributed by atoms with Crippen LogP contribution < -0.4 is 0 Å². The molecule has 3 heteroatoms. The van der Waals surface area contributed by atoms with Crippen molar-refractivity contribution < 1.29 is 4.79 Å². The lowest BCUT2D eigenvalue weighted by molar-refractivity contribution is 0.0990. The van der Waals surface area contributed by atoms with Gasteiger partial charge in [0.2, 0.25) is 0 Å². The average Bonchev–Trinajstić information content (AvgIpc) is 2.16. The molecule has 0 saturated heterocycles. The minimum absolute atomic E-state index is 0.0552. The first-order valence-corrected chi connectivity index (χ1v) is 5.37. The Morgan fingerprint density at radius 1 is 1.50 bits per heavy atom. The number of hydrogen-bond acceptors (Lipinski definition) is 1. The number of aryl methyl sites for hydroxylation is 1. The van der Waals surface area contributed by atoms with E-state index in [1.165, 1.54) is 0 Å². The van der Waals surface area contributed by atoms with Crippen LogP contribution in [0.15, 0.2) is 18.2 Å². The number of carbonyl (C=O) groups excluding carboxylic acids is 1. The van der Waals surface area contributed by atoms with Crippen LogP contribution in [-0.4, -0.2) is 11.2 Å². The Morgan fingerprint density at radius 2 is 2.14 bits per heavy atom. The molecule has 1 rings (SSSR count). The molecular formula is C11H12Cl2O. The number of carbonyl (C=O) groups is 1. The van der Waals surface area contributed by atoms with Gasteiger partial charge in [-0.2, -0.15) is 0 Å². The predicted molar refractivity (Wildman–Crippen MR) is 60.4 cm³/mol. The quantitative estimate of drug-likeness (QED) is 0.574. The summed E-state index contributed by atoms with van der Waals surface area (Å²) in [5.74, 6) is 0.284. The lowest BCUT2D eigenvalue weighted by Crippen LogP contribution is -2.14. The Bertz CT molecular complexity index is 345. The van der Waals surface area contributed by atoms with Gasteiger partial charge in [-0.3, -0.25) is 4.79 Å². The zero-order valence-corrected chi connectivity index (χ0v) is 9.69. The third kappa shape index (κ3) is 2.28. The number of Topliss-reactive ketones (excluding diaryl/α,β-unsaturated/α-hetero) is 1. The van der Waals surface area contributed by atoms with Crippen molar-refractivity contribution in [2.75, 3.05) is 0 Å². The van der Waals surface area contributed by atoms with Gasteiger partial charge in [-0.1, -0.05) is 18.2 Å². The van der Waals surface area contributed by atoms with Crippen LogP contribution in [0, 0.1) is 6.92 Å². The molecule has 0 aliphatic heterocycles. The first-order valence-electron chi connectivity index (χ1n) is 4.40. The van der Waals surface area contributed by atoms with Gasteiger partial charge in [-0.15, -0.1) is 23.2 Å². The van der Waals surface area contributed by atoms with E-state index >= 15 is 0 Å². The number of halogens is 2. The smallest absolute Gasteiger partial charge is 0.180 e. The minimum Gasteiger partial charge on any atom is -0.292 e. The highest BCUT2D eigenvalue weighted by atomic mass is 35.5. The van der Waals surface area contributed by atoms with Gasteiger partial charge in [0.15, 0.2) is 5.78 Å². The molecule has 0 N–H and O–H groups in total. The summed E-state index contributed by atoms with van der Waals surface area (Å²) in [5.41, 5.74) is 2.45. The molecule has 0 spiro atoms. The van der Waals surface area contributed by atoms with Crippen LogP contribution in [0.3, 0.4) is 0 Å². The maximum atomic E-state index is 11.8. The van der Waals surface area contributed by atoms with Gasteiger partial charge in [-0.05, 0) is 25.0 Å². The van der Waals surface area contributed by atoms with Gasteiger partial charge in [0.05, 0.1) is 5.38 Å². The number of ketones is 1. The van der Waals surface area contributed by atoms with Gasteiger partial charge in [0.25, 0.3) is 0 Å². The molecule has 0 radical (unpaired) electrons. The van der Waals surface area contributed by atoms with Crippen molar-refractivity contribution in [1.29, 1.82) is 0 Å². The van der Waals surface area contributed by atoms with Crippen molar-refractivity contribution >= 4 is 29.0 Å². The summed E-state index contributed by atoms with van der Waals surface area (Å²) in [6, 6.07) is 5.64. The van der Waals surface area contributed by atoms with Gasteiger partial charge >= 0.3 is 0 Å². The molecule has 0 saturated carbocycles. The predicted octanol–water partition coefficient (Wildman–Crippen LogP) is 3.54. The monoisotopic (exact) mass is 230 g/mol. The number of rotatable bonds is 3. The fourth-order valence-corrected chi connectivity index (χ4v) is 1.72. The van der Waals surface area contributed by atoms with E-state index in [-0.39, 0.29) is 5.78 Å². The summed E-state index contributed by atoms with van der Waals surface area (Å²) in [6.07, 6.45) is 0. The molecule has 1 nitrogen and oxygen atoms in total. The standard InChI is InChI=1S/C11H12Cl2O/c1-7-4-3-5-9(6-12)10(7)11(14)8(2)13/h3-5,8H,6H2,1-2H3. The van der Waals surface area contributed by atoms with E-state index in [4.69, 9.17) is 23.2 Å². The largest absolute Gasteiger partial charge is 0.292 e. The topological polar surface area (TPSA) is 17.1 Å². The maximum absolute atomic E-state index is 11.8. The van der Waals surface area contributed by atoms with Gasteiger partial charge in [0.1, 0.15) is 0 Å². The van der Waals surface area contributed by atoms with E-state index in [1.807, 2.05) is 25.1 Å². The summed E-state index contributed by atoms with van der Waals surface area (Å²) in [6.45, 7) is 3.57. The maximum Gasteiger partial charge on any atom is 0.180 e. The third-order valence-electron chi connectivity index (χ3n) is 2.11. The zero-order valence-electron chi connectivity index (χ0n) is 8.18. The molecule has 0 heterocycles. The third-order valence-corrected chi connectivity index (χ3v) is 2.60. The van der Waals surface area contributed by atoms with E-state index in [1.54, 1.807) is 6.92 Å². The van der Waals surface area contributed by atoms with Crippen molar-refractivity contribution in [1.82, 2.24) is 0 Å². The van der Waals surface area contributed by atoms with Crippen LogP contribution >= 0.6 is 23.2 Å². The molecule has 0 aliphatic carbocycles. The molecular weight excluding hydrogens is 219 g/mol. The molecule has 1 aromatic rings. The van der Waals surface area contributed by atoms with Gasteiger partial charge < -0.3 is 0 Å². The van der Waals surface area contributed by atoms with Crippen LogP contribution in [0.1, 0.15) is 28.4 Å². The van der Waals surface area contributed by atoms with E-state index in [9.17, 15) is 4.79 Å². The Labute approximate surface area is 94.0 Å². The summed E-state index contributed by atoms with van der Waals surface area (Å²) in [4.78, 5) is 11.8. The van der Waals surface area contributed by atoms with Crippen LogP contribution in [0.2, 0.25) is 0 Å². The Kier molecular flexibility index (Phi) is 3.97. The lowest BCUT2D eigenvalue weighted by Gasteiger charge is -2.10. The number of hydrogen-bond donors (Lipinski definition) is 0. The van der Waals surface area contributed by atoms with Gasteiger partial charge in [0, 0.05) is 11.4 Å². The Hall–Kier alpha value is -0.530. The van der Waals surface area contributed by atoms with E-state index in [0.717, 1.165) is 11.1 Å². The Morgan fingerprint density at radius 3 is 2.64 bits per heavy atom. The normalized spacial score (nSPS) is 12.6. The van der Waals surface area contributed by atoms with Crippen molar-refractivity contribution in [2.24, 2.45) is 0 Å². The van der Waals surface area contributed by atoms with Gasteiger partial charge in [-0.25, -0.2) is 0 Å². The van der Waals surface area contributed by atoms with Crippen LogP contribution in [0.25, 0.3) is 0 Å². The van der Waals surface area contributed by atoms with Crippen LogP contribution in [-0.2, 0) is 5.88 Å². The second-order valence-electron chi connectivity index (χ2n) is 3.22. The summed E-state index contributed by atoms with van der Waals surface area (Å²) in [7, 11) is 0. The highest BCUT2D eigenvalue weighted by Gasteiger charge is 2.17. The first kappa shape index (κ1) is 11.5. The molecule has 0 aliphatic rings. The molecule has 76 valence electrons. The minimum atomic E-state index is -0.502. The summed E-state index contributed by atoms with van der Waals surface area (Å²) in [5, 5.41) is -0.502. The van der Waals surface area contributed by atoms with E-state index in [2.05, 4.69) is 0 Å². The zero-order chi connectivity index (χ0) is 10.7. The highest BCUT2D eigenvalue weighted by Crippen LogP contribution is 2.19. The second kappa shape index (κ2) is 4.81. The van der Waals surface area contributed by atoms with Crippen molar-refractivity contribution in [2.45, 2.75) is 25.1 Å². The second-order valence-corrected chi connectivity index (χ2v) is 4.14. The number of alkyl halides is 2. The fraction of sp³-hybridized carbons (Fsp3) is 0.364. The molecule has 14 heavy (non-hydrogen) atoms. The van der Waals surface area contributed by atoms with Crippen molar-refractivity contribution in [3.63, 3.8) is 0 Å². The SMILES string of the molecule is Cc1cccc(CCl)c1C(=O)C(C)Cl. The van der Waals surface area contributed by atoms with E-state index < -0.39 is 5.38 Å². The summed E-state index contributed by atoms with van der Waals surface area (Å²) >= 11 is 11.5. The molecule has 0 bridgehead atoms. The highest BCUT2D eigenvalue weighted by molar-refractivity contribution is 6.34. The lowest BCUT2D eigenvalue weighted by atomic mass is 9.98. The molecule has 0 aromatic heterocycles. The molecule has 0 fully saturated rings. The molecule has 1 unspecified atom stereocenters. The molecule has 0 amide bonds. The summed E-state index contributed by atoms with van der Waals surface area (Å²) < 4.78 is 0. The van der Waals surface area contributed by atoms with E-state index in [0.29, 0.717) is 11.4 Å². The average molecular weight is 231 g/mol. The van der Waals surface area contributed by atoms with Crippen LogP contribution in [0.5, 0.6) is 0 Å². The first-order chi connectivity index (χ1) is 6.57. The van der Waals surface area contributed by atoms with Crippen LogP contribution in [0.4, 0.5) is 0 Å². The molecule has 1 atom stereocenters. The molecule has 1 aromatic carbocycles.